The molecule has 0 aromatic carbocycles. The van der Waals surface area contributed by atoms with Crippen molar-refractivity contribution in [1.29, 1.82) is 0 Å². The van der Waals surface area contributed by atoms with Crippen molar-refractivity contribution in [1.82, 2.24) is 0 Å². The van der Waals surface area contributed by atoms with Gasteiger partial charge in [-0.25, -0.2) is 9.13 Å². The lowest BCUT2D eigenvalue weighted by Crippen LogP contribution is -2.30. The Bertz CT molecular complexity index is 2660. The summed E-state index contributed by atoms with van der Waals surface area (Å²) < 4.78 is 68.6. The van der Waals surface area contributed by atoms with Crippen LogP contribution < -0.4 is 0 Å². The van der Waals surface area contributed by atoms with Crippen molar-refractivity contribution < 1.29 is 80.2 Å². The number of hydrogen-bond acceptors (Lipinski definition) is 15. The van der Waals surface area contributed by atoms with Crippen LogP contribution >= 0.6 is 15.6 Å². The molecule has 0 amide bonds. The van der Waals surface area contributed by atoms with Gasteiger partial charge in [-0.1, -0.05) is 308 Å². The zero-order valence-electron chi connectivity index (χ0n) is 67.5. The van der Waals surface area contributed by atoms with Gasteiger partial charge in [0.15, 0.2) is 12.2 Å². The lowest BCUT2D eigenvalue weighted by atomic mass is 10.0. The van der Waals surface area contributed by atoms with Gasteiger partial charge in [0.1, 0.15) is 19.3 Å². The molecule has 0 saturated carbocycles. The minimum Gasteiger partial charge on any atom is -0.462 e. The SMILES string of the molecule is CC/C=C\C/C=C\C/C=C\C/C=C\C/C=C\CCCCCC(=O)O[C@H](COC(=O)CCC/C=C\C/C=C\C/C=C\C/C=C\CCCCC)COP(=O)(O)OC[C@@H](O)COP(=O)(O)OC[C@@H](COC(=O)CCCCCCCCCCCCCCCCC)OC(=O)CCC/C=C\C/C=C\C/C=C\C/C=C\CCCCC. The molecule has 17 nitrogen and oxygen atoms in total. The number of carbonyl (C=O) groups is 4. The highest BCUT2D eigenvalue weighted by molar-refractivity contribution is 7.47. The summed E-state index contributed by atoms with van der Waals surface area (Å²) in [6.07, 6.45) is 93.7. The van der Waals surface area contributed by atoms with Gasteiger partial charge in [0, 0.05) is 25.7 Å². The summed E-state index contributed by atoms with van der Waals surface area (Å²) >= 11 is 0. The molecule has 3 N–H and O–H groups in total. The largest absolute Gasteiger partial charge is 0.472 e. The van der Waals surface area contributed by atoms with E-state index in [0.717, 1.165) is 128 Å². The fourth-order valence-electron chi connectivity index (χ4n) is 10.6. The third kappa shape index (κ3) is 78.8. The van der Waals surface area contributed by atoms with Crippen molar-refractivity contribution in [2.45, 2.75) is 341 Å². The molecule has 0 aliphatic carbocycles. The van der Waals surface area contributed by atoms with Crippen molar-refractivity contribution >= 4 is 39.5 Å². The fourth-order valence-corrected chi connectivity index (χ4v) is 12.2. The summed E-state index contributed by atoms with van der Waals surface area (Å²) in [7, 11) is -10.0. The second-order valence-corrected chi connectivity index (χ2v) is 30.2. The normalized spacial score (nSPS) is 14.6. The fraction of sp³-hybridized carbons (Fsp3) is 0.663. The highest BCUT2D eigenvalue weighted by Gasteiger charge is 2.30. The second kappa shape index (κ2) is 79.8. The maximum atomic E-state index is 13.1. The third-order valence-electron chi connectivity index (χ3n) is 17.0. The van der Waals surface area contributed by atoms with Crippen LogP contribution in [0.2, 0.25) is 0 Å². The van der Waals surface area contributed by atoms with Crippen LogP contribution in [0, 0.1) is 0 Å². The number of aliphatic hydroxyl groups is 1. The van der Waals surface area contributed by atoms with Gasteiger partial charge in [0.25, 0.3) is 0 Å². The van der Waals surface area contributed by atoms with Crippen molar-refractivity contribution in [3.63, 3.8) is 0 Å². The molecule has 0 aromatic rings. The number of allylic oxidation sites excluding steroid dienone is 26. The first kappa shape index (κ1) is 103. The monoisotopic (exact) mass is 1550 g/mol. The lowest BCUT2D eigenvalue weighted by Gasteiger charge is -2.21. The molecule has 616 valence electrons. The Morgan fingerprint density at radius 3 is 0.806 bits per heavy atom. The van der Waals surface area contributed by atoms with Crippen LogP contribution in [0.5, 0.6) is 0 Å². The highest BCUT2D eigenvalue weighted by Crippen LogP contribution is 2.45. The van der Waals surface area contributed by atoms with E-state index in [1.165, 1.54) is 103 Å². The zero-order valence-corrected chi connectivity index (χ0v) is 69.3. The van der Waals surface area contributed by atoms with Crippen molar-refractivity contribution in [2.24, 2.45) is 0 Å². The average molecular weight is 1550 g/mol. The van der Waals surface area contributed by atoms with E-state index in [-0.39, 0.29) is 25.7 Å². The van der Waals surface area contributed by atoms with E-state index in [2.05, 4.69) is 161 Å². The van der Waals surface area contributed by atoms with Crippen molar-refractivity contribution in [2.75, 3.05) is 39.6 Å². The molecular formula is C89H148O17P2. The van der Waals surface area contributed by atoms with Crippen molar-refractivity contribution in [3.05, 3.63) is 158 Å². The van der Waals surface area contributed by atoms with Gasteiger partial charge in [-0.05, 0) is 148 Å². The number of ether oxygens (including phenoxy) is 4. The highest BCUT2D eigenvalue weighted by atomic mass is 31.2. The number of phosphoric acid groups is 2. The van der Waals surface area contributed by atoms with E-state index in [0.29, 0.717) is 38.5 Å². The Labute approximate surface area is 655 Å². The molecule has 0 rings (SSSR count). The van der Waals surface area contributed by atoms with E-state index >= 15 is 0 Å². The molecule has 0 aliphatic rings. The van der Waals surface area contributed by atoms with Crippen molar-refractivity contribution in [3.8, 4) is 0 Å². The molecule has 0 aliphatic heterocycles. The van der Waals surface area contributed by atoms with Crippen LogP contribution in [0.3, 0.4) is 0 Å². The Hall–Kier alpha value is -5.32. The first-order chi connectivity index (χ1) is 52.7. The Kier molecular flexibility index (Phi) is 75.8. The zero-order chi connectivity index (χ0) is 78.9. The average Bonchev–Trinajstić information content (AvgIpc) is 0.903. The number of carbonyl (C=O) groups excluding carboxylic acids is 4. The summed E-state index contributed by atoms with van der Waals surface area (Å²) in [5.41, 5.74) is 0. The molecule has 0 spiro atoms. The predicted molar refractivity (Wildman–Crippen MR) is 445 cm³/mol. The molecular weight excluding hydrogens is 1400 g/mol. The third-order valence-corrected chi connectivity index (χ3v) is 18.9. The molecule has 108 heavy (non-hydrogen) atoms. The Morgan fingerprint density at radius 1 is 0.269 bits per heavy atom. The molecule has 0 fully saturated rings. The van der Waals surface area contributed by atoms with Crippen LogP contribution in [0.15, 0.2) is 158 Å². The summed E-state index contributed by atoms with van der Waals surface area (Å²) in [6, 6.07) is 0. The second-order valence-electron chi connectivity index (χ2n) is 27.3. The van der Waals surface area contributed by atoms with E-state index in [1.807, 2.05) is 24.3 Å². The van der Waals surface area contributed by atoms with Gasteiger partial charge in [-0.3, -0.25) is 37.3 Å². The van der Waals surface area contributed by atoms with Crippen LogP contribution in [0.25, 0.3) is 0 Å². The number of unbranched alkanes of at least 4 members (excludes halogenated alkanes) is 25. The van der Waals surface area contributed by atoms with Crippen LogP contribution in [-0.2, 0) is 65.4 Å². The standard InChI is InChI=1S/C89H148O17P2/c1-5-9-13-17-21-25-29-33-37-40-41-44-48-52-56-60-64-68-72-76-89(94)106-85(80-100-87(92)74-70-66-62-58-54-50-46-42-38-34-30-26-22-18-14-10-6-2)82-104-108(97,98)102-78-83(90)77-101-107(95,96)103-81-84(79-99-86(91)73-69-65-61-57-53-49-45-36-32-28-24-20-16-12-8-4)105-88(93)75-71-67-63-59-55-51-47-43-39-35-31-27-23-19-15-11-7-3/h9,13,21-23,25-27,33-35,37-39,41,44,46-47,50-52,56,58-59,62-63,83-85,90H,5-8,10-12,14-20,24,28-32,36,40,42-43,45,48-49,53-55,57,60-61,64-82H2,1-4H3,(H,95,96)(H,97,98)/b13-9-,25-21-,26-22-,27-23-,37-33-,38-34-,39-35-,44-41-,50-46-,51-47-,56-52-,62-58-,63-59-/t83-,84+,85+/m0/s1. The summed E-state index contributed by atoms with van der Waals surface area (Å²) in [5.74, 6) is -2.34. The smallest absolute Gasteiger partial charge is 0.462 e. The summed E-state index contributed by atoms with van der Waals surface area (Å²) in [5, 5.41) is 10.7. The first-order valence-electron chi connectivity index (χ1n) is 41.7. The van der Waals surface area contributed by atoms with E-state index < -0.39 is 97.5 Å². The van der Waals surface area contributed by atoms with Gasteiger partial charge in [0.05, 0.1) is 26.4 Å². The maximum absolute atomic E-state index is 13.1. The molecule has 0 radical (unpaired) electrons. The van der Waals surface area contributed by atoms with Gasteiger partial charge in [-0.15, -0.1) is 0 Å². The quantitative estimate of drug-likeness (QED) is 0.0169. The topological polar surface area (TPSA) is 237 Å². The predicted octanol–water partition coefficient (Wildman–Crippen LogP) is 24.8. The number of esters is 4. The number of rotatable bonds is 77. The summed E-state index contributed by atoms with van der Waals surface area (Å²) in [6.45, 7) is 4.56. The molecule has 0 heterocycles. The van der Waals surface area contributed by atoms with Gasteiger partial charge in [-0.2, -0.15) is 0 Å². The Morgan fingerprint density at radius 2 is 0.491 bits per heavy atom. The Balaban J connectivity index is 5.52. The molecule has 0 bridgehead atoms. The molecule has 2 unspecified atom stereocenters. The van der Waals surface area contributed by atoms with Crippen LogP contribution in [0.1, 0.15) is 323 Å². The number of aliphatic hydroxyl groups excluding tert-OH is 1. The van der Waals surface area contributed by atoms with Crippen LogP contribution in [-0.4, -0.2) is 96.7 Å². The molecule has 5 atom stereocenters. The van der Waals surface area contributed by atoms with Crippen LogP contribution in [0.4, 0.5) is 0 Å². The number of phosphoric ester groups is 2. The van der Waals surface area contributed by atoms with E-state index in [9.17, 15) is 43.2 Å². The van der Waals surface area contributed by atoms with Gasteiger partial charge < -0.3 is 33.8 Å². The first-order valence-corrected chi connectivity index (χ1v) is 44.7. The van der Waals surface area contributed by atoms with Gasteiger partial charge >= 0.3 is 39.5 Å². The molecule has 19 heteroatoms. The van der Waals surface area contributed by atoms with E-state index in [4.69, 9.17) is 37.0 Å². The molecule has 0 aromatic heterocycles. The maximum Gasteiger partial charge on any atom is 0.472 e. The minimum absolute atomic E-state index is 0.0148. The van der Waals surface area contributed by atoms with Gasteiger partial charge in [0.2, 0.25) is 0 Å². The lowest BCUT2D eigenvalue weighted by molar-refractivity contribution is -0.161. The summed E-state index contributed by atoms with van der Waals surface area (Å²) in [4.78, 5) is 73.1. The number of hydrogen-bond donors (Lipinski definition) is 3. The van der Waals surface area contributed by atoms with E-state index in [1.54, 1.807) is 0 Å². The molecule has 0 saturated heterocycles. The minimum atomic E-state index is -5.01.